The lowest BCUT2D eigenvalue weighted by molar-refractivity contribution is -0.133. The summed E-state index contributed by atoms with van der Waals surface area (Å²) in [6.45, 7) is 5.76. The summed E-state index contributed by atoms with van der Waals surface area (Å²) in [7, 11) is 0. The van der Waals surface area contributed by atoms with Crippen LogP contribution in [0.2, 0.25) is 0 Å². The summed E-state index contributed by atoms with van der Waals surface area (Å²) >= 11 is 0. The second-order valence-electron chi connectivity index (χ2n) is 7.08. The largest absolute Gasteiger partial charge is 0.336 e. The number of carbonyl (C=O) groups is 2. The molecular weight excluding hydrogens is 340 g/mol. The molecule has 0 aliphatic carbocycles. The van der Waals surface area contributed by atoms with Gasteiger partial charge in [0.05, 0.1) is 11.8 Å². The number of amides is 2. The molecule has 1 fully saturated rings. The summed E-state index contributed by atoms with van der Waals surface area (Å²) in [6.07, 6.45) is 4.53. The monoisotopic (exact) mass is 368 g/mol. The molecule has 1 unspecified atom stereocenters. The number of benzene rings is 1. The van der Waals surface area contributed by atoms with Crippen LogP contribution >= 0.6 is 0 Å². The van der Waals surface area contributed by atoms with Gasteiger partial charge in [-0.15, -0.1) is 0 Å². The van der Waals surface area contributed by atoms with Crippen LogP contribution in [-0.4, -0.2) is 50.9 Å². The van der Waals surface area contributed by atoms with Crippen molar-refractivity contribution in [3.8, 4) is 0 Å². The molecule has 1 atom stereocenters. The molecule has 0 radical (unpaired) electrons. The summed E-state index contributed by atoms with van der Waals surface area (Å²) in [5.41, 5.74) is 2.63. The number of hydrogen-bond acceptors (Lipinski definition) is 3. The molecule has 1 aliphatic heterocycles. The third kappa shape index (κ3) is 4.38. The van der Waals surface area contributed by atoms with E-state index in [9.17, 15) is 9.59 Å². The quantitative estimate of drug-likeness (QED) is 0.852. The molecule has 27 heavy (non-hydrogen) atoms. The van der Waals surface area contributed by atoms with E-state index in [-0.39, 0.29) is 17.9 Å². The molecule has 1 N–H and O–H groups in total. The number of aromatic nitrogens is 2. The van der Waals surface area contributed by atoms with Gasteiger partial charge in [-0.2, -0.15) is 5.10 Å². The Morgan fingerprint density at radius 2 is 2.04 bits per heavy atom. The van der Waals surface area contributed by atoms with Crippen molar-refractivity contribution in [3.05, 3.63) is 53.3 Å². The molecule has 0 saturated carbocycles. The van der Waals surface area contributed by atoms with Crippen LogP contribution in [0.4, 0.5) is 0 Å². The average molecular weight is 368 g/mol. The third-order valence-corrected chi connectivity index (χ3v) is 5.19. The number of nitrogens with zero attached hydrogens (tertiary/aromatic N) is 3. The zero-order valence-corrected chi connectivity index (χ0v) is 16.1. The van der Waals surface area contributed by atoms with E-state index in [0.29, 0.717) is 31.6 Å². The number of H-pyrrole nitrogens is 1. The molecule has 1 saturated heterocycles. The van der Waals surface area contributed by atoms with Crippen LogP contribution in [0.3, 0.4) is 0 Å². The van der Waals surface area contributed by atoms with Crippen LogP contribution in [0.5, 0.6) is 0 Å². The van der Waals surface area contributed by atoms with E-state index >= 15 is 0 Å². The van der Waals surface area contributed by atoms with Gasteiger partial charge < -0.3 is 9.80 Å². The lowest BCUT2D eigenvalue weighted by Gasteiger charge is -2.31. The Morgan fingerprint density at radius 1 is 1.26 bits per heavy atom. The first-order valence-corrected chi connectivity index (χ1v) is 9.78. The second kappa shape index (κ2) is 8.84. The van der Waals surface area contributed by atoms with Crippen molar-refractivity contribution in [2.45, 2.75) is 52.1 Å². The van der Waals surface area contributed by atoms with E-state index in [1.54, 1.807) is 6.20 Å². The fraction of sp³-hybridized carbons (Fsp3) is 0.476. The summed E-state index contributed by atoms with van der Waals surface area (Å²) < 4.78 is 0. The Morgan fingerprint density at radius 3 is 2.74 bits per heavy atom. The standard InChI is InChI=1S/C21H28N4O2/c1-3-8-19-18(13-22-23-19)21(27)24-12-11-20(26)25(17(4-2)15-24)14-16-9-6-5-7-10-16/h5-7,9-10,13,17H,3-4,8,11-12,14-15H2,1-2H3,(H,22,23). The van der Waals surface area contributed by atoms with Crippen molar-refractivity contribution in [3.63, 3.8) is 0 Å². The summed E-state index contributed by atoms with van der Waals surface area (Å²) in [4.78, 5) is 29.6. The molecule has 2 heterocycles. The van der Waals surface area contributed by atoms with Gasteiger partial charge in [-0.25, -0.2) is 0 Å². The summed E-state index contributed by atoms with van der Waals surface area (Å²) in [5, 5.41) is 7.00. The van der Waals surface area contributed by atoms with Crippen LogP contribution in [0, 0.1) is 0 Å². The highest BCUT2D eigenvalue weighted by Gasteiger charge is 2.32. The maximum atomic E-state index is 13.1. The SMILES string of the molecule is CCCc1[nH]ncc1C(=O)N1CCC(=O)N(Cc2ccccc2)C(CC)C1. The van der Waals surface area contributed by atoms with Gasteiger partial charge in [0.1, 0.15) is 0 Å². The van der Waals surface area contributed by atoms with Crippen molar-refractivity contribution >= 4 is 11.8 Å². The first kappa shape index (κ1) is 19.1. The molecule has 1 aromatic carbocycles. The minimum absolute atomic E-state index is 0.0192. The van der Waals surface area contributed by atoms with Gasteiger partial charge >= 0.3 is 0 Å². The van der Waals surface area contributed by atoms with Crippen molar-refractivity contribution in [2.24, 2.45) is 0 Å². The molecule has 1 aliphatic rings. The molecule has 6 heteroatoms. The highest BCUT2D eigenvalue weighted by Crippen LogP contribution is 2.20. The summed E-state index contributed by atoms with van der Waals surface area (Å²) in [5.74, 6) is 0.0852. The number of aromatic amines is 1. The molecule has 1 aromatic heterocycles. The van der Waals surface area contributed by atoms with E-state index in [1.807, 2.05) is 40.1 Å². The maximum absolute atomic E-state index is 13.1. The van der Waals surface area contributed by atoms with E-state index in [2.05, 4.69) is 24.0 Å². The number of aryl methyl sites for hydroxylation is 1. The second-order valence-corrected chi connectivity index (χ2v) is 7.08. The van der Waals surface area contributed by atoms with Crippen molar-refractivity contribution < 1.29 is 9.59 Å². The highest BCUT2D eigenvalue weighted by molar-refractivity contribution is 5.95. The van der Waals surface area contributed by atoms with E-state index in [4.69, 9.17) is 0 Å². The van der Waals surface area contributed by atoms with E-state index in [1.165, 1.54) is 0 Å². The van der Waals surface area contributed by atoms with E-state index < -0.39 is 0 Å². The topological polar surface area (TPSA) is 69.3 Å². The van der Waals surface area contributed by atoms with Gasteiger partial charge in [-0.3, -0.25) is 14.7 Å². The van der Waals surface area contributed by atoms with Crippen LogP contribution in [0.1, 0.15) is 54.7 Å². The van der Waals surface area contributed by atoms with Crippen molar-refractivity contribution in [2.75, 3.05) is 13.1 Å². The molecule has 144 valence electrons. The molecule has 0 spiro atoms. The van der Waals surface area contributed by atoms with Crippen LogP contribution in [-0.2, 0) is 17.8 Å². The number of hydrogen-bond donors (Lipinski definition) is 1. The molecule has 3 rings (SSSR count). The predicted molar refractivity (Wildman–Crippen MR) is 104 cm³/mol. The van der Waals surface area contributed by atoms with Gasteiger partial charge in [0.2, 0.25) is 5.91 Å². The predicted octanol–water partition coefficient (Wildman–Crippen LogP) is 3.02. The van der Waals surface area contributed by atoms with Crippen LogP contribution in [0.25, 0.3) is 0 Å². The normalized spacial score (nSPS) is 17.9. The van der Waals surface area contributed by atoms with Crippen LogP contribution < -0.4 is 0 Å². The number of rotatable bonds is 6. The van der Waals surface area contributed by atoms with Gasteiger partial charge in [0.25, 0.3) is 5.91 Å². The zero-order valence-electron chi connectivity index (χ0n) is 16.1. The Balaban J connectivity index is 1.77. The fourth-order valence-electron chi connectivity index (χ4n) is 3.66. The number of carbonyl (C=O) groups excluding carboxylic acids is 2. The molecule has 6 nitrogen and oxygen atoms in total. The fourth-order valence-corrected chi connectivity index (χ4v) is 3.66. The molecule has 0 bridgehead atoms. The average Bonchev–Trinajstić information content (AvgIpc) is 3.09. The third-order valence-electron chi connectivity index (χ3n) is 5.19. The molecule has 2 aromatic rings. The highest BCUT2D eigenvalue weighted by atomic mass is 16.2. The van der Waals surface area contributed by atoms with Crippen LogP contribution in [0.15, 0.2) is 36.5 Å². The minimum Gasteiger partial charge on any atom is -0.336 e. The van der Waals surface area contributed by atoms with Gasteiger partial charge in [0.15, 0.2) is 0 Å². The Kier molecular flexibility index (Phi) is 6.27. The first-order chi connectivity index (χ1) is 13.1. The lowest BCUT2D eigenvalue weighted by atomic mass is 10.1. The number of nitrogens with one attached hydrogen (secondary N) is 1. The molecular formula is C21H28N4O2. The van der Waals surface area contributed by atoms with Gasteiger partial charge in [0, 0.05) is 37.8 Å². The smallest absolute Gasteiger partial charge is 0.257 e. The minimum atomic E-state index is -0.0278. The first-order valence-electron chi connectivity index (χ1n) is 9.78. The van der Waals surface area contributed by atoms with E-state index in [0.717, 1.165) is 30.5 Å². The van der Waals surface area contributed by atoms with Crippen molar-refractivity contribution in [1.29, 1.82) is 0 Å². The molecule has 2 amide bonds. The Bertz CT molecular complexity index is 771. The van der Waals surface area contributed by atoms with Gasteiger partial charge in [-0.1, -0.05) is 50.6 Å². The maximum Gasteiger partial charge on any atom is 0.257 e. The summed E-state index contributed by atoms with van der Waals surface area (Å²) in [6, 6.07) is 10.0. The Hall–Kier alpha value is -2.63. The van der Waals surface area contributed by atoms with Gasteiger partial charge in [-0.05, 0) is 18.4 Å². The zero-order chi connectivity index (χ0) is 19.2. The Labute approximate surface area is 160 Å². The lowest BCUT2D eigenvalue weighted by Crippen LogP contribution is -2.43. The van der Waals surface area contributed by atoms with Crippen molar-refractivity contribution in [1.82, 2.24) is 20.0 Å².